The van der Waals surface area contributed by atoms with E-state index in [1.54, 1.807) is 0 Å². The fraction of sp³-hybridized carbons (Fsp3) is 0.789. The van der Waals surface area contributed by atoms with Gasteiger partial charge in [0.15, 0.2) is 6.10 Å². The van der Waals surface area contributed by atoms with Crippen LogP contribution in [0.1, 0.15) is 77.6 Å². The first-order valence-corrected chi connectivity index (χ1v) is 9.16. The summed E-state index contributed by atoms with van der Waals surface area (Å²) in [6.07, 6.45) is 13.5. The summed E-state index contributed by atoms with van der Waals surface area (Å²) in [5.41, 5.74) is 0. The van der Waals surface area contributed by atoms with Crippen LogP contribution in [0.15, 0.2) is 12.2 Å². The molecule has 1 unspecified atom stereocenters. The molecular formula is C19H32O4. The van der Waals surface area contributed by atoms with Crippen molar-refractivity contribution in [3.8, 4) is 0 Å². The quantitative estimate of drug-likeness (QED) is 0.418. The SMILES string of the molecule is CCCCCCC=C[C@H]1CCC(=O)[C@@H]1CCCCC(O)C(=O)O. The molecule has 1 fully saturated rings. The Morgan fingerprint density at radius 1 is 1.26 bits per heavy atom. The van der Waals surface area contributed by atoms with E-state index in [4.69, 9.17) is 5.11 Å². The highest BCUT2D eigenvalue weighted by atomic mass is 16.4. The Bertz CT molecular complexity index is 389. The third kappa shape index (κ3) is 7.78. The Morgan fingerprint density at radius 2 is 2.04 bits per heavy atom. The molecule has 0 amide bonds. The lowest BCUT2D eigenvalue weighted by molar-refractivity contribution is -0.147. The number of allylic oxidation sites excluding steroid dienone is 2. The van der Waals surface area contributed by atoms with E-state index in [2.05, 4.69) is 19.1 Å². The van der Waals surface area contributed by atoms with Crippen molar-refractivity contribution in [2.24, 2.45) is 11.8 Å². The zero-order valence-corrected chi connectivity index (χ0v) is 14.4. The van der Waals surface area contributed by atoms with Crippen molar-refractivity contribution in [3.05, 3.63) is 12.2 Å². The number of rotatable bonds is 12. The van der Waals surface area contributed by atoms with Crippen LogP contribution in [0.25, 0.3) is 0 Å². The van der Waals surface area contributed by atoms with E-state index in [1.807, 2.05) is 0 Å². The van der Waals surface area contributed by atoms with Crippen molar-refractivity contribution in [2.75, 3.05) is 0 Å². The molecule has 132 valence electrons. The first kappa shape index (κ1) is 19.9. The van der Waals surface area contributed by atoms with E-state index in [0.29, 0.717) is 24.5 Å². The molecule has 4 nitrogen and oxygen atoms in total. The van der Waals surface area contributed by atoms with Gasteiger partial charge in [0.05, 0.1) is 0 Å². The molecule has 0 aromatic heterocycles. The van der Waals surface area contributed by atoms with E-state index in [0.717, 1.165) is 25.7 Å². The number of carbonyl (C=O) groups is 2. The van der Waals surface area contributed by atoms with E-state index < -0.39 is 12.1 Å². The standard InChI is InChI=1S/C19H32O4/c1-2-3-4-5-6-7-10-15-13-14-17(20)16(15)11-8-9-12-18(21)19(22)23/h7,10,15-16,18,21H,2-6,8-9,11-14H2,1H3,(H,22,23)/t15-,16+,18?/m0/s1. The lowest BCUT2D eigenvalue weighted by atomic mass is 9.89. The molecule has 3 atom stereocenters. The molecule has 1 aliphatic rings. The Kier molecular flexibility index (Phi) is 9.85. The van der Waals surface area contributed by atoms with Crippen LogP contribution in [0.2, 0.25) is 0 Å². The van der Waals surface area contributed by atoms with Crippen LogP contribution in [0.5, 0.6) is 0 Å². The zero-order chi connectivity index (χ0) is 17.1. The molecule has 0 bridgehead atoms. The predicted octanol–water partition coefficient (Wildman–Crippen LogP) is 4.11. The first-order chi connectivity index (χ1) is 11.1. The number of Topliss-reactive ketones (excluding diaryl/α,β-unsaturated/α-hetero) is 1. The van der Waals surface area contributed by atoms with Crippen molar-refractivity contribution < 1.29 is 19.8 Å². The molecule has 0 aliphatic heterocycles. The van der Waals surface area contributed by atoms with Gasteiger partial charge >= 0.3 is 5.97 Å². The highest BCUT2D eigenvalue weighted by Gasteiger charge is 2.32. The van der Waals surface area contributed by atoms with Gasteiger partial charge in [-0.3, -0.25) is 4.79 Å². The first-order valence-electron chi connectivity index (χ1n) is 9.16. The molecule has 0 heterocycles. The van der Waals surface area contributed by atoms with Crippen LogP contribution in [-0.4, -0.2) is 28.1 Å². The van der Waals surface area contributed by atoms with Crippen molar-refractivity contribution in [1.82, 2.24) is 0 Å². The van der Waals surface area contributed by atoms with Crippen LogP contribution < -0.4 is 0 Å². The highest BCUT2D eigenvalue weighted by Crippen LogP contribution is 2.34. The molecule has 1 aliphatic carbocycles. The van der Waals surface area contributed by atoms with E-state index in [1.165, 1.54) is 25.7 Å². The summed E-state index contributed by atoms with van der Waals surface area (Å²) < 4.78 is 0. The number of carbonyl (C=O) groups excluding carboxylic acids is 1. The normalized spacial score (nSPS) is 22.8. The van der Waals surface area contributed by atoms with E-state index >= 15 is 0 Å². The third-order valence-corrected chi connectivity index (χ3v) is 4.79. The molecular weight excluding hydrogens is 292 g/mol. The summed E-state index contributed by atoms with van der Waals surface area (Å²) in [7, 11) is 0. The second kappa shape index (κ2) is 11.4. The summed E-state index contributed by atoms with van der Waals surface area (Å²) in [4.78, 5) is 22.6. The van der Waals surface area contributed by atoms with Gasteiger partial charge in [0.25, 0.3) is 0 Å². The number of aliphatic hydroxyl groups excluding tert-OH is 1. The van der Waals surface area contributed by atoms with E-state index in [-0.39, 0.29) is 12.3 Å². The average Bonchev–Trinajstić information content (AvgIpc) is 2.87. The molecule has 4 heteroatoms. The third-order valence-electron chi connectivity index (χ3n) is 4.79. The van der Waals surface area contributed by atoms with Crippen molar-refractivity contribution in [1.29, 1.82) is 0 Å². The van der Waals surface area contributed by atoms with Gasteiger partial charge in [-0.1, -0.05) is 51.2 Å². The van der Waals surface area contributed by atoms with Gasteiger partial charge in [0, 0.05) is 12.3 Å². The lowest BCUT2D eigenvalue weighted by Gasteiger charge is -2.15. The predicted molar refractivity (Wildman–Crippen MR) is 91.2 cm³/mol. The number of hydrogen-bond donors (Lipinski definition) is 2. The van der Waals surface area contributed by atoms with Gasteiger partial charge in [-0.05, 0) is 38.0 Å². The summed E-state index contributed by atoms with van der Waals surface area (Å²) in [5, 5.41) is 17.9. The highest BCUT2D eigenvalue weighted by molar-refractivity contribution is 5.83. The lowest BCUT2D eigenvalue weighted by Crippen LogP contribution is -2.19. The minimum absolute atomic E-state index is 0.101. The van der Waals surface area contributed by atoms with Crippen LogP contribution in [-0.2, 0) is 9.59 Å². The number of ketones is 1. The van der Waals surface area contributed by atoms with Gasteiger partial charge in [-0.25, -0.2) is 4.79 Å². The van der Waals surface area contributed by atoms with Crippen LogP contribution in [0, 0.1) is 11.8 Å². The molecule has 1 saturated carbocycles. The van der Waals surface area contributed by atoms with Crippen LogP contribution in [0.4, 0.5) is 0 Å². The molecule has 2 N–H and O–H groups in total. The fourth-order valence-electron chi connectivity index (χ4n) is 3.33. The fourth-order valence-corrected chi connectivity index (χ4v) is 3.33. The molecule has 0 aromatic carbocycles. The zero-order valence-electron chi connectivity index (χ0n) is 14.4. The minimum Gasteiger partial charge on any atom is -0.479 e. The van der Waals surface area contributed by atoms with Crippen molar-refractivity contribution in [2.45, 2.75) is 83.7 Å². The summed E-state index contributed by atoms with van der Waals surface area (Å²) in [6.45, 7) is 2.21. The van der Waals surface area contributed by atoms with Crippen molar-refractivity contribution in [3.63, 3.8) is 0 Å². The monoisotopic (exact) mass is 324 g/mol. The van der Waals surface area contributed by atoms with Gasteiger partial charge in [0.2, 0.25) is 0 Å². The number of aliphatic hydroxyl groups is 1. The van der Waals surface area contributed by atoms with E-state index in [9.17, 15) is 14.7 Å². The molecule has 0 spiro atoms. The smallest absolute Gasteiger partial charge is 0.332 e. The molecule has 0 aromatic rings. The molecule has 0 radical (unpaired) electrons. The maximum absolute atomic E-state index is 12.0. The second-order valence-corrected chi connectivity index (χ2v) is 6.69. The molecule has 0 saturated heterocycles. The Hall–Kier alpha value is -1.16. The van der Waals surface area contributed by atoms with Crippen LogP contribution in [0.3, 0.4) is 0 Å². The molecule has 1 rings (SSSR count). The van der Waals surface area contributed by atoms with Gasteiger partial charge < -0.3 is 10.2 Å². The van der Waals surface area contributed by atoms with Crippen molar-refractivity contribution >= 4 is 11.8 Å². The average molecular weight is 324 g/mol. The number of carboxylic acids is 1. The Labute approximate surface area is 140 Å². The minimum atomic E-state index is -1.27. The maximum Gasteiger partial charge on any atom is 0.332 e. The number of unbranched alkanes of at least 4 members (excludes halogenated alkanes) is 5. The largest absolute Gasteiger partial charge is 0.479 e. The Balaban J connectivity index is 2.27. The van der Waals surface area contributed by atoms with Gasteiger partial charge in [-0.2, -0.15) is 0 Å². The Morgan fingerprint density at radius 3 is 2.74 bits per heavy atom. The summed E-state index contributed by atoms with van der Waals surface area (Å²) >= 11 is 0. The number of hydrogen-bond acceptors (Lipinski definition) is 3. The summed E-state index contributed by atoms with van der Waals surface area (Å²) in [5.74, 6) is -0.350. The summed E-state index contributed by atoms with van der Waals surface area (Å²) in [6, 6.07) is 0. The van der Waals surface area contributed by atoms with Gasteiger partial charge in [-0.15, -0.1) is 0 Å². The van der Waals surface area contributed by atoms with Gasteiger partial charge in [0.1, 0.15) is 5.78 Å². The topological polar surface area (TPSA) is 74.6 Å². The maximum atomic E-state index is 12.0. The number of aliphatic carboxylic acids is 1. The molecule has 23 heavy (non-hydrogen) atoms. The van der Waals surface area contributed by atoms with Crippen LogP contribution >= 0.6 is 0 Å². The number of carboxylic acid groups (broad SMARTS) is 1. The second-order valence-electron chi connectivity index (χ2n) is 6.69.